The van der Waals surface area contributed by atoms with Crippen LogP contribution in [0.4, 0.5) is 20.2 Å². The number of aromatic nitrogens is 3. The summed E-state index contributed by atoms with van der Waals surface area (Å²) >= 11 is 0. The molecule has 3 heterocycles. The highest BCUT2D eigenvalue weighted by molar-refractivity contribution is 6.09. The van der Waals surface area contributed by atoms with Crippen molar-refractivity contribution in [3.8, 4) is 11.1 Å². The predicted octanol–water partition coefficient (Wildman–Crippen LogP) is 8.04. The van der Waals surface area contributed by atoms with Gasteiger partial charge in [-0.05, 0) is 42.7 Å². The summed E-state index contributed by atoms with van der Waals surface area (Å²) in [5.41, 5.74) is 3.64. The molecule has 3 aromatic heterocycles. The fraction of sp³-hybridized carbons (Fsp3) is 0.233. The van der Waals surface area contributed by atoms with Crippen LogP contribution in [0.3, 0.4) is 0 Å². The maximum absolute atomic E-state index is 16.4. The summed E-state index contributed by atoms with van der Waals surface area (Å²) in [6.07, 6.45) is 5.14. The molecule has 0 radical (unpaired) electrons. The van der Waals surface area contributed by atoms with Gasteiger partial charge in [-0.3, -0.25) is 4.98 Å². The third-order valence-corrected chi connectivity index (χ3v) is 6.70. The molecule has 180 valence electrons. The van der Waals surface area contributed by atoms with Crippen molar-refractivity contribution < 1.29 is 8.78 Å². The first kappa shape index (κ1) is 22.5. The number of benzene rings is 2. The Morgan fingerprint density at radius 3 is 2.28 bits per heavy atom. The maximum atomic E-state index is 16.4. The van der Waals surface area contributed by atoms with Crippen LogP contribution in [0, 0.1) is 11.6 Å². The van der Waals surface area contributed by atoms with Crippen LogP contribution in [0.1, 0.15) is 50.9 Å². The van der Waals surface area contributed by atoms with Gasteiger partial charge in [0.25, 0.3) is 0 Å². The minimum atomic E-state index is -0.520. The van der Waals surface area contributed by atoms with Crippen LogP contribution in [-0.2, 0) is 5.41 Å². The smallest absolute Gasteiger partial charge is 0.169 e. The Labute approximate surface area is 208 Å². The molecule has 1 fully saturated rings. The van der Waals surface area contributed by atoms with Crippen LogP contribution in [0.15, 0.2) is 67.0 Å². The first-order valence-electron chi connectivity index (χ1n) is 12.2. The van der Waals surface area contributed by atoms with E-state index in [4.69, 9.17) is 4.98 Å². The Balaban J connectivity index is 1.72. The molecule has 5 aromatic rings. The number of fused-ring (bicyclic) bond motifs is 2. The number of para-hydroxylation sites is 1. The van der Waals surface area contributed by atoms with E-state index in [0.717, 1.165) is 12.8 Å². The van der Waals surface area contributed by atoms with Gasteiger partial charge in [0, 0.05) is 45.7 Å². The highest BCUT2D eigenvalue weighted by Gasteiger charge is 2.32. The molecule has 1 saturated carbocycles. The van der Waals surface area contributed by atoms with Gasteiger partial charge < -0.3 is 5.32 Å². The lowest BCUT2D eigenvalue weighted by molar-refractivity contribution is 0.508. The molecule has 6 rings (SSSR count). The minimum Gasteiger partial charge on any atom is -0.352 e. The fourth-order valence-electron chi connectivity index (χ4n) is 4.79. The summed E-state index contributed by atoms with van der Waals surface area (Å²) in [5.74, 6) is -0.665. The molecule has 0 atom stereocenters. The number of halogens is 2. The van der Waals surface area contributed by atoms with Crippen LogP contribution in [-0.4, -0.2) is 15.0 Å². The molecule has 1 aliphatic carbocycles. The molecule has 0 unspecified atom stereocenters. The van der Waals surface area contributed by atoms with Crippen molar-refractivity contribution in [3.05, 3.63) is 90.0 Å². The second kappa shape index (κ2) is 8.33. The van der Waals surface area contributed by atoms with Gasteiger partial charge >= 0.3 is 0 Å². The molecule has 1 N–H and O–H groups in total. The molecule has 0 bridgehead atoms. The van der Waals surface area contributed by atoms with Crippen LogP contribution in [0.25, 0.3) is 32.9 Å². The van der Waals surface area contributed by atoms with Crippen molar-refractivity contribution in [1.29, 1.82) is 0 Å². The summed E-state index contributed by atoms with van der Waals surface area (Å²) in [6.45, 7) is 5.83. The lowest BCUT2D eigenvalue weighted by Crippen LogP contribution is -2.17. The third kappa shape index (κ3) is 3.77. The number of anilines is 2. The second-order valence-corrected chi connectivity index (χ2v) is 10.4. The molecule has 1 aliphatic rings. The Kier molecular flexibility index (Phi) is 5.21. The number of pyridine rings is 3. The van der Waals surface area contributed by atoms with Gasteiger partial charge in [-0.15, -0.1) is 0 Å². The predicted molar refractivity (Wildman–Crippen MR) is 141 cm³/mol. The number of hydrogen-bond donors (Lipinski definition) is 1. The Morgan fingerprint density at radius 2 is 1.56 bits per heavy atom. The van der Waals surface area contributed by atoms with E-state index in [1.165, 1.54) is 0 Å². The minimum absolute atomic E-state index is 0.113. The number of nitrogens with one attached hydrogen (secondary N) is 1. The van der Waals surface area contributed by atoms with Crippen LogP contribution in [0.5, 0.6) is 0 Å². The van der Waals surface area contributed by atoms with E-state index in [-0.39, 0.29) is 11.7 Å². The number of nitrogens with zero attached hydrogens (tertiary/aromatic N) is 3. The Bertz CT molecular complexity index is 1620. The summed E-state index contributed by atoms with van der Waals surface area (Å²) in [7, 11) is 0. The van der Waals surface area contributed by atoms with Gasteiger partial charge in [-0.1, -0.05) is 51.1 Å². The van der Waals surface area contributed by atoms with E-state index in [2.05, 4.69) is 15.3 Å². The fourth-order valence-corrected chi connectivity index (χ4v) is 4.79. The molecule has 0 aliphatic heterocycles. The standard InChI is InChI=1S/C30H26F2N4/c1-30(2,3)29-25(31)23(19-7-4-5-9-21(19)36-29)20-8-6-10-22-24(20)28(34-18-13-15-33-16-14-18)26(32)27(35-22)17-11-12-17/h4-10,13-17H,11-12H2,1-3H3,(H,33,34,35). The van der Waals surface area contributed by atoms with Gasteiger partial charge in [0.05, 0.1) is 28.1 Å². The van der Waals surface area contributed by atoms with Gasteiger partial charge in [-0.2, -0.15) is 0 Å². The van der Waals surface area contributed by atoms with Crippen LogP contribution >= 0.6 is 0 Å². The molecule has 0 saturated heterocycles. The van der Waals surface area contributed by atoms with Gasteiger partial charge in [0.1, 0.15) is 0 Å². The molecule has 2 aromatic carbocycles. The zero-order valence-corrected chi connectivity index (χ0v) is 20.4. The zero-order chi connectivity index (χ0) is 25.0. The normalized spacial score (nSPS) is 13.9. The average Bonchev–Trinajstić information content (AvgIpc) is 3.70. The van der Waals surface area contributed by atoms with Crippen molar-refractivity contribution in [1.82, 2.24) is 15.0 Å². The van der Waals surface area contributed by atoms with E-state index < -0.39 is 11.2 Å². The lowest BCUT2D eigenvalue weighted by Gasteiger charge is -2.23. The van der Waals surface area contributed by atoms with Crippen molar-refractivity contribution in [2.45, 2.75) is 44.9 Å². The summed E-state index contributed by atoms with van der Waals surface area (Å²) in [6, 6.07) is 16.7. The van der Waals surface area contributed by atoms with Crippen molar-refractivity contribution in [3.63, 3.8) is 0 Å². The molecule has 0 amide bonds. The van der Waals surface area contributed by atoms with Gasteiger partial charge in [0.2, 0.25) is 0 Å². The maximum Gasteiger partial charge on any atom is 0.169 e. The summed E-state index contributed by atoms with van der Waals surface area (Å²) < 4.78 is 32.5. The Morgan fingerprint density at radius 1 is 0.833 bits per heavy atom. The van der Waals surface area contributed by atoms with Crippen molar-refractivity contribution in [2.75, 3.05) is 5.32 Å². The first-order chi connectivity index (χ1) is 17.3. The monoisotopic (exact) mass is 480 g/mol. The molecule has 6 heteroatoms. The molecular formula is C30H26F2N4. The quantitative estimate of drug-likeness (QED) is 0.283. The van der Waals surface area contributed by atoms with Crippen molar-refractivity contribution in [2.24, 2.45) is 0 Å². The highest BCUT2D eigenvalue weighted by Crippen LogP contribution is 2.46. The number of rotatable bonds is 4. The van der Waals surface area contributed by atoms with E-state index in [1.807, 2.05) is 63.2 Å². The first-order valence-corrected chi connectivity index (χ1v) is 12.2. The highest BCUT2D eigenvalue weighted by atomic mass is 19.1. The summed E-state index contributed by atoms with van der Waals surface area (Å²) in [4.78, 5) is 13.5. The SMILES string of the molecule is CC(C)(C)c1nc2ccccc2c(-c2cccc3nc(C4CC4)c(F)c(Nc4ccncc4)c23)c1F. The van der Waals surface area contributed by atoms with Crippen LogP contribution < -0.4 is 5.32 Å². The lowest BCUT2D eigenvalue weighted by atomic mass is 9.87. The van der Waals surface area contributed by atoms with Crippen LogP contribution in [0.2, 0.25) is 0 Å². The zero-order valence-electron chi connectivity index (χ0n) is 20.4. The van der Waals surface area contributed by atoms with E-state index >= 15 is 8.78 Å². The molecule has 36 heavy (non-hydrogen) atoms. The van der Waals surface area contributed by atoms with Gasteiger partial charge in [-0.25, -0.2) is 18.7 Å². The van der Waals surface area contributed by atoms with Gasteiger partial charge in [0.15, 0.2) is 11.6 Å². The largest absolute Gasteiger partial charge is 0.352 e. The van der Waals surface area contributed by atoms with Crippen molar-refractivity contribution >= 4 is 33.2 Å². The second-order valence-electron chi connectivity index (χ2n) is 10.4. The molecule has 0 spiro atoms. The number of hydrogen-bond acceptors (Lipinski definition) is 4. The molecular weight excluding hydrogens is 454 g/mol. The van der Waals surface area contributed by atoms with E-state index in [9.17, 15) is 0 Å². The average molecular weight is 481 g/mol. The molecule has 4 nitrogen and oxygen atoms in total. The summed E-state index contributed by atoms with van der Waals surface area (Å²) in [5, 5.41) is 4.49. The Hall–Kier alpha value is -3.93. The van der Waals surface area contributed by atoms with E-state index in [0.29, 0.717) is 55.7 Å². The topological polar surface area (TPSA) is 50.7 Å². The van der Waals surface area contributed by atoms with E-state index in [1.54, 1.807) is 24.5 Å². The third-order valence-electron chi connectivity index (χ3n) is 6.70.